The zero-order chi connectivity index (χ0) is 16.7. The summed E-state index contributed by atoms with van der Waals surface area (Å²) >= 11 is 5.85. The Morgan fingerprint density at radius 1 is 1.36 bits per heavy atom. The van der Waals surface area contributed by atoms with E-state index in [4.69, 9.17) is 16.7 Å². The normalized spacial score (nSPS) is 11.9. The zero-order valence-electron chi connectivity index (χ0n) is 12.8. The quantitative estimate of drug-likeness (QED) is 0.575. The van der Waals surface area contributed by atoms with Gasteiger partial charge >= 0.3 is 6.09 Å². The van der Waals surface area contributed by atoms with Crippen LogP contribution in [0.5, 0.6) is 0 Å². The Hall–Kier alpha value is -2.02. The van der Waals surface area contributed by atoms with E-state index < -0.39 is 6.09 Å². The maximum Gasteiger partial charge on any atom is 0.404 e. The Labute approximate surface area is 134 Å². The SMILES string of the molecule is CC(C)Nc1cc(Cl)ncc1C(=O)NCCC(C)NC(=O)O. The maximum absolute atomic E-state index is 12.2. The number of carboxylic acid groups (broad SMARTS) is 1. The summed E-state index contributed by atoms with van der Waals surface area (Å²) in [6.45, 7) is 5.99. The summed E-state index contributed by atoms with van der Waals surface area (Å²) in [6, 6.07) is 1.50. The van der Waals surface area contributed by atoms with Gasteiger partial charge in [0.25, 0.3) is 5.91 Å². The fourth-order valence-corrected chi connectivity index (χ4v) is 1.98. The van der Waals surface area contributed by atoms with Crippen LogP contribution >= 0.6 is 11.6 Å². The molecule has 22 heavy (non-hydrogen) atoms. The van der Waals surface area contributed by atoms with E-state index in [-0.39, 0.29) is 18.0 Å². The number of carbonyl (C=O) groups is 2. The molecule has 0 bridgehead atoms. The number of nitrogens with one attached hydrogen (secondary N) is 3. The number of anilines is 1. The number of rotatable bonds is 7. The van der Waals surface area contributed by atoms with Crippen LogP contribution in [0.3, 0.4) is 0 Å². The second kappa shape index (κ2) is 8.43. The fraction of sp³-hybridized carbons (Fsp3) is 0.500. The van der Waals surface area contributed by atoms with Crippen LogP contribution in [0.2, 0.25) is 5.15 Å². The first-order valence-corrected chi connectivity index (χ1v) is 7.37. The number of nitrogens with zero attached hydrogens (tertiary/aromatic N) is 1. The van der Waals surface area contributed by atoms with E-state index in [0.717, 1.165) is 0 Å². The van der Waals surface area contributed by atoms with Crippen LogP contribution in [0.1, 0.15) is 37.6 Å². The lowest BCUT2D eigenvalue weighted by molar-refractivity contribution is 0.0953. The highest BCUT2D eigenvalue weighted by Crippen LogP contribution is 2.19. The predicted molar refractivity (Wildman–Crippen MR) is 85.6 cm³/mol. The van der Waals surface area contributed by atoms with Crippen molar-refractivity contribution in [3.63, 3.8) is 0 Å². The van der Waals surface area contributed by atoms with Gasteiger partial charge in [-0.15, -0.1) is 0 Å². The van der Waals surface area contributed by atoms with Crippen LogP contribution in [0.25, 0.3) is 0 Å². The largest absolute Gasteiger partial charge is 0.465 e. The van der Waals surface area contributed by atoms with Crippen molar-refractivity contribution >= 4 is 29.3 Å². The monoisotopic (exact) mass is 328 g/mol. The van der Waals surface area contributed by atoms with E-state index in [0.29, 0.717) is 29.4 Å². The minimum Gasteiger partial charge on any atom is -0.465 e. The highest BCUT2D eigenvalue weighted by atomic mass is 35.5. The summed E-state index contributed by atoms with van der Waals surface area (Å²) in [5.74, 6) is -0.283. The van der Waals surface area contributed by atoms with Crippen LogP contribution in [-0.2, 0) is 0 Å². The van der Waals surface area contributed by atoms with Crippen molar-refractivity contribution in [2.45, 2.75) is 39.3 Å². The van der Waals surface area contributed by atoms with Crippen LogP contribution in [0.4, 0.5) is 10.5 Å². The first kappa shape index (κ1) is 18.0. The maximum atomic E-state index is 12.2. The molecule has 1 aromatic rings. The summed E-state index contributed by atoms with van der Waals surface area (Å²) in [4.78, 5) is 26.6. The Morgan fingerprint density at radius 2 is 2.05 bits per heavy atom. The second-order valence-electron chi connectivity index (χ2n) is 5.25. The summed E-state index contributed by atoms with van der Waals surface area (Å²) in [5, 5.41) is 17.1. The lowest BCUT2D eigenvalue weighted by Crippen LogP contribution is -2.35. The van der Waals surface area contributed by atoms with Gasteiger partial charge in [0, 0.05) is 24.8 Å². The smallest absolute Gasteiger partial charge is 0.404 e. The molecule has 0 aliphatic carbocycles. The highest BCUT2D eigenvalue weighted by Gasteiger charge is 2.14. The third-order valence-corrected chi connectivity index (χ3v) is 3.00. The highest BCUT2D eigenvalue weighted by molar-refractivity contribution is 6.29. The van der Waals surface area contributed by atoms with Crippen molar-refractivity contribution in [3.8, 4) is 0 Å². The van der Waals surface area contributed by atoms with E-state index in [1.54, 1.807) is 13.0 Å². The third kappa shape index (κ3) is 6.17. The molecule has 0 saturated carbocycles. The van der Waals surface area contributed by atoms with Gasteiger partial charge < -0.3 is 21.1 Å². The van der Waals surface area contributed by atoms with E-state index in [2.05, 4.69) is 20.9 Å². The molecule has 7 nitrogen and oxygen atoms in total. The van der Waals surface area contributed by atoms with Gasteiger partial charge in [-0.05, 0) is 33.3 Å². The number of hydrogen-bond acceptors (Lipinski definition) is 4. The van der Waals surface area contributed by atoms with Crippen LogP contribution < -0.4 is 16.0 Å². The molecule has 4 N–H and O–H groups in total. The molecule has 2 amide bonds. The molecule has 1 rings (SSSR count). The van der Waals surface area contributed by atoms with Crippen LogP contribution in [0, 0.1) is 0 Å². The molecule has 0 fully saturated rings. The molecule has 0 spiro atoms. The van der Waals surface area contributed by atoms with E-state index in [9.17, 15) is 9.59 Å². The molecule has 0 aliphatic rings. The molecule has 8 heteroatoms. The minimum atomic E-state index is -1.08. The van der Waals surface area contributed by atoms with Crippen molar-refractivity contribution in [1.29, 1.82) is 0 Å². The van der Waals surface area contributed by atoms with Crippen molar-refractivity contribution in [2.24, 2.45) is 0 Å². The zero-order valence-corrected chi connectivity index (χ0v) is 13.6. The number of aromatic nitrogens is 1. The van der Waals surface area contributed by atoms with E-state index >= 15 is 0 Å². The average Bonchev–Trinajstić information content (AvgIpc) is 2.36. The lowest BCUT2D eigenvalue weighted by Gasteiger charge is -2.15. The fourth-order valence-electron chi connectivity index (χ4n) is 1.82. The standard InChI is InChI=1S/C14H21ClN4O3/c1-8(2)18-11-6-12(15)17-7-10(11)13(20)16-5-4-9(3)19-14(21)22/h6-9,19H,4-5H2,1-3H3,(H,16,20)(H,17,18)(H,21,22). The molecular weight excluding hydrogens is 308 g/mol. The predicted octanol–water partition coefficient (Wildman–Crippen LogP) is 2.33. The van der Waals surface area contributed by atoms with Crippen LogP contribution in [-0.4, -0.2) is 40.7 Å². The average molecular weight is 329 g/mol. The minimum absolute atomic E-state index is 0.143. The Balaban J connectivity index is 2.63. The number of halogens is 1. The Bertz CT molecular complexity index is 537. The van der Waals surface area contributed by atoms with Crippen molar-refractivity contribution in [2.75, 3.05) is 11.9 Å². The summed E-state index contributed by atoms with van der Waals surface area (Å²) in [5.41, 5.74) is 1.01. The number of amides is 2. The Morgan fingerprint density at radius 3 is 2.64 bits per heavy atom. The molecular formula is C14H21ClN4O3. The number of hydrogen-bond donors (Lipinski definition) is 4. The second-order valence-corrected chi connectivity index (χ2v) is 5.63. The molecule has 0 aliphatic heterocycles. The van der Waals surface area contributed by atoms with Crippen molar-refractivity contribution < 1.29 is 14.7 Å². The third-order valence-electron chi connectivity index (χ3n) is 2.79. The van der Waals surface area contributed by atoms with Gasteiger partial charge in [0.2, 0.25) is 0 Å². The van der Waals surface area contributed by atoms with Gasteiger partial charge in [-0.3, -0.25) is 4.79 Å². The molecule has 0 radical (unpaired) electrons. The van der Waals surface area contributed by atoms with Gasteiger partial charge in [-0.2, -0.15) is 0 Å². The summed E-state index contributed by atoms with van der Waals surface area (Å²) in [6.07, 6.45) is 0.831. The van der Waals surface area contributed by atoms with E-state index in [1.165, 1.54) is 6.20 Å². The van der Waals surface area contributed by atoms with Crippen molar-refractivity contribution in [1.82, 2.24) is 15.6 Å². The van der Waals surface area contributed by atoms with Gasteiger partial charge in [0.05, 0.1) is 11.3 Å². The topological polar surface area (TPSA) is 103 Å². The Kier molecular flexibility index (Phi) is 6.91. The van der Waals surface area contributed by atoms with Crippen LogP contribution in [0.15, 0.2) is 12.3 Å². The lowest BCUT2D eigenvalue weighted by atomic mass is 10.2. The molecule has 122 valence electrons. The number of pyridine rings is 1. The molecule has 0 aromatic carbocycles. The number of carbonyl (C=O) groups excluding carboxylic acids is 1. The van der Waals surface area contributed by atoms with Crippen molar-refractivity contribution in [3.05, 3.63) is 23.0 Å². The van der Waals surface area contributed by atoms with Gasteiger partial charge in [0.1, 0.15) is 5.15 Å². The first-order valence-electron chi connectivity index (χ1n) is 6.99. The van der Waals surface area contributed by atoms with E-state index in [1.807, 2.05) is 13.8 Å². The van der Waals surface area contributed by atoms with Gasteiger partial charge in [-0.1, -0.05) is 11.6 Å². The van der Waals surface area contributed by atoms with Gasteiger partial charge in [0.15, 0.2) is 0 Å². The molecule has 1 aromatic heterocycles. The summed E-state index contributed by atoms with van der Waals surface area (Å²) in [7, 11) is 0. The first-order chi connectivity index (χ1) is 10.3. The molecule has 1 unspecified atom stereocenters. The molecule has 0 saturated heterocycles. The summed E-state index contributed by atoms with van der Waals surface area (Å²) < 4.78 is 0. The molecule has 1 atom stereocenters. The van der Waals surface area contributed by atoms with Gasteiger partial charge in [-0.25, -0.2) is 9.78 Å². The molecule has 1 heterocycles.